The molecule has 9 heteroatoms. The van der Waals surface area contributed by atoms with E-state index in [1.54, 1.807) is 42.9 Å². The van der Waals surface area contributed by atoms with Crippen molar-refractivity contribution in [3.8, 4) is 17.1 Å². The van der Waals surface area contributed by atoms with Crippen LogP contribution < -0.4 is 4.74 Å². The fraction of sp³-hybridized carbons (Fsp3) is 0.0667. The van der Waals surface area contributed by atoms with Crippen molar-refractivity contribution < 1.29 is 13.5 Å². The number of benzene rings is 1. The summed E-state index contributed by atoms with van der Waals surface area (Å²) in [5.41, 5.74) is 1.50. The number of ether oxygens (including phenoxy) is 1. The van der Waals surface area contributed by atoms with Crippen LogP contribution in [0, 0.1) is 4.77 Å². The minimum atomic E-state index is -2.87. The van der Waals surface area contributed by atoms with E-state index in [1.165, 1.54) is 16.8 Å². The lowest BCUT2D eigenvalue weighted by atomic mass is 10.2. The van der Waals surface area contributed by atoms with E-state index in [1.807, 2.05) is 0 Å². The lowest BCUT2D eigenvalue weighted by molar-refractivity contribution is -0.0498. The van der Waals surface area contributed by atoms with Gasteiger partial charge in [0, 0.05) is 18.0 Å². The summed E-state index contributed by atoms with van der Waals surface area (Å²) in [6.45, 7) is -2.87. The Labute approximate surface area is 140 Å². The van der Waals surface area contributed by atoms with Crippen molar-refractivity contribution in [1.29, 1.82) is 0 Å². The predicted octanol–water partition coefficient (Wildman–Crippen LogP) is 3.49. The molecule has 0 unspecified atom stereocenters. The first-order valence-corrected chi connectivity index (χ1v) is 7.21. The minimum Gasteiger partial charge on any atom is -0.435 e. The first-order valence-electron chi connectivity index (χ1n) is 6.80. The molecule has 0 fully saturated rings. The fourth-order valence-corrected chi connectivity index (χ4v) is 2.12. The standard InChI is InChI=1S/C15H11F2N5OS/c16-14(17)23-12-3-1-11(2-4-12)13-20-21-15(24)22(13)19-9-10-5-7-18-8-6-10/h1-9,14H,(H,21,24). The Balaban J connectivity index is 1.90. The molecule has 6 nitrogen and oxygen atoms in total. The van der Waals surface area contributed by atoms with Crippen LogP contribution in [0.4, 0.5) is 8.78 Å². The number of H-pyrrole nitrogens is 1. The molecule has 0 aliphatic heterocycles. The van der Waals surface area contributed by atoms with Crippen molar-refractivity contribution in [2.75, 3.05) is 0 Å². The maximum atomic E-state index is 12.2. The Morgan fingerprint density at radius 3 is 2.54 bits per heavy atom. The maximum Gasteiger partial charge on any atom is 0.387 e. The molecule has 0 bridgehead atoms. The summed E-state index contributed by atoms with van der Waals surface area (Å²) in [4.78, 5) is 3.93. The third kappa shape index (κ3) is 3.69. The van der Waals surface area contributed by atoms with E-state index in [4.69, 9.17) is 12.2 Å². The zero-order valence-corrected chi connectivity index (χ0v) is 13.0. The Kier molecular flexibility index (Phi) is 4.71. The highest BCUT2D eigenvalue weighted by molar-refractivity contribution is 7.71. The monoisotopic (exact) mass is 347 g/mol. The molecule has 2 aromatic heterocycles. The molecule has 0 saturated carbocycles. The molecule has 24 heavy (non-hydrogen) atoms. The van der Waals surface area contributed by atoms with E-state index in [0.29, 0.717) is 16.2 Å². The third-order valence-electron chi connectivity index (χ3n) is 3.02. The Morgan fingerprint density at radius 1 is 1.17 bits per heavy atom. The van der Waals surface area contributed by atoms with Gasteiger partial charge in [0.25, 0.3) is 0 Å². The number of hydrogen-bond acceptors (Lipinski definition) is 5. The number of alkyl halides is 2. The van der Waals surface area contributed by atoms with Gasteiger partial charge in [-0.25, -0.2) is 5.10 Å². The first kappa shape index (κ1) is 15.9. The van der Waals surface area contributed by atoms with Crippen LogP contribution in [0.2, 0.25) is 0 Å². The van der Waals surface area contributed by atoms with E-state index in [-0.39, 0.29) is 5.75 Å². The van der Waals surface area contributed by atoms with E-state index in [9.17, 15) is 8.78 Å². The second kappa shape index (κ2) is 7.09. The SMILES string of the molecule is FC(F)Oc1ccc(-c2n[nH]c(=S)n2N=Cc2ccncc2)cc1. The molecule has 1 aromatic carbocycles. The Bertz CT molecular complexity index is 890. The average Bonchev–Trinajstić information content (AvgIpc) is 2.95. The topological polar surface area (TPSA) is 68.1 Å². The van der Waals surface area contributed by atoms with Crippen LogP contribution in [0.15, 0.2) is 53.9 Å². The normalized spacial score (nSPS) is 11.3. The summed E-state index contributed by atoms with van der Waals surface area (Å²) in [6, 6.07) is 9.64. The highest BCUT2D eigenvalue weighted by Gasteiger charge is 2.09. The molecule has 2 heterocycles. The third-order valence-corrected chi connectivity index (χ3v) is 3.28. The fourth-order valence-electron chi connectivity index (χ4n) is 1.94. The van der Waals surface area contributed by atoms with Gasteiger partial charge in [0.2, 0.25) is 4.77 Å². The molecule has 1 N–H and O–H groups in total. The van der Waals surface area contributed by atoms with Gasteiger partial charge in [-0.3, -0.25) is 4.98 Å². The smallest absolute Gasteiger partial charge is 0.387 e. The maximum absolute atomic E-state index is 12.2. The van der Waals surface area contributed by atoms with Crippen molar-refractivity contribution in [2.24, 2.45) is 5.10 Å². The van der Waals surface area contributed by atoms with Crippen molar-refractivity contribution >= 4 is 18.4 Å². The van der Waals surface area contributed by atoms with Crippen LogP contribution in [0.1, 0.15) is 5.56 Å². The van der Waals surface area contributed by atoms with Crippen molar-refractivity contribution in [2.45, 2.75) is 6.61 Å². The summed E-state index contributed by atoms with van der Waals surface area (Å²) in [5.74, 6) is 0.517. The van der Waals surface area contributed by atoms with Gasteiger partial charge in [0.15, 0.2) is 5.82 Å². The molecule has 0 spiro atoms. The molecule has 3 aromatic rings. The second-order valence-corrected chi connectivity index (χ2v) is 4.98. The van der Waals surface area contributed by atoms with Crippen LogP contribution in [-0.4, -0.2) is 32.7 Å². The number of nitrogens with zero attached hydrogens (tertiary/aromatic N) is 4. The number of aromatic nitrogens is 4. The average molecular weight is 347 g/mol. The van der Waals surface area contributed by atoms with E-state index >= 15 is 0 Å². The number of rotatable bonds is 5. The van der Waals surface area contributed by atoms with Gasteiger partial charge < -0.3 is 4.74 Å². The Hall–Kier alpha value is -2.94. The number of hydrogen-bond donors (Lipinski definition) is 1. The van der Waals surface area contributed by atoms with Gasteiger partial charge in [-0.05, 0) is 54.2 Å². The highest BCUT2D eigenvalue weighted by Crippen LogP contribution is 2.22. The van der Waals surface area contributed by atoms with Crippen molar-refractivity contribution in [3.05, 3.63) is 59.1 Å². The zero-order chi connectivity index (χ0) is 16.9. The molecule has 3 rings (SSSR count). The number of nitrogens with one attached hydrogen (secondary N) is 1. The second-order valence-electron chi connectivity index (χ2n) is 4.59. The molecule has 0 saturated heterocycles. The predicted molar refractivity (Wildman–Crippen MR) is 86.7 cm³/mol. The van der Waals surface area contributed by atoms with Gasteiger partial charge in [-0.15, -0.1) is 0 Å². The van der Waals surface area contributed by atoms with Gasteiger partial charge in [0.1, 0.15) is 5.75 Å². The molecule has 0 aliphatic rings. The van der Waals surface area contributed by atoms with Crippen LogP contribution in [0.3, 0.4) is 0 Å². The van der Waals surface area contributed by atoms with Crippen molar-refractivity contribution in [3.63, 3.8) is 0 Å². The first-order chi connectivity index (χ1) is 11.6. The molecular weight excluding hydrogens is 336 g/mol. The zero-order valence-electron chi connectivity index (χ0n) is 12.1. The van der Waals surface area contributed by atoms with Gasteiger partial charge >= 0.3 is 6.61 Å². The summed E-state index contributed by atoms with van der Waals surface area (Å²) in [7, 11) is 0. The number of pyridine rings is 1. The van der Waals surface area contributed by atoms with Gasteiger partial charge in [0.05, 0.1) is 6.21 Å². The lowest BCUT2D eigenvalue weighted by Gasteiger charge is -2.05. The minimum absolute atomic E-state index is 0.0646. The van der Waals surface area contributed by atoms with Gasteiger partial charge in [-0.1, -0.05) is 0 Å². The highest BCUT2D eigenvalue weighted by atomic mass is 32.1. The number of halogens is 2. The molecule has 0 atom stereocenters. The summed E-state index contributed by atoms with van der Waals surface area (Å²) < 4.78 is 30.5. The molecule has 0 aliphatic carbocycles. The van der Waals surface area contributed by atoms with Crippen LogP contribution >= 0.6 is 12.2 Å². The molecular formula is C15H11F2N5OS. The molecule has 0 radical (unpaired) electrons. The van der Waals surface area contributed by atoms with Gasteiger partial charge in [-0.2, -0.15) is 23.7 Å². The summed E-state index contributed by atoms with van der Waals surface area (Å²) in [6.07, 6.45) is 4.92. The van der Waals surface area contributed by atoms with E-state index in [2.05, 4.69) is 25.0 Å². The van der Waals surface area contributed by atoms with Crippen LogP contribution in [0.25, 0.3) is 11.4 Å². The lowest BCUT2D eigenvalue weighted by Crippen LogP contribution is -2.01. The van der Waals surface area contributed by atoms with Crippen LogP contribution in [-0.2, 0) is 0 Å². The number of aromatic amines is 1. The van der Waals surface area contributed by atoms with Crippen LogP contribution in [0.5, 0.6) is 5.75 Å². The summed E-state index contributed by atoms with van der Waals surface area (Å²) >= 11 is 5.17. The molecule has 122 valence electrons. The largest absolute Gasteiger partial charge is 0.435 e. The summed E-state index contributed by atoms with van der Waals surface area (Å²) in [5, 5.41) is 11.1. The van der Waals surface area contributed by atoms with E-state index < -0.39 is 6.61 Å². The molecule has 0 amide bonds. The Morgan fingerprint density at radius 2 is 1.88 bits per heavy atom. The quantitative estimate of drug-likeness (QED) is 0.567. The van der Waals surface area contributed by atoms with Crippen molar-refractivity contribution in [1.82, 2.24) is 19.9 Å². The van der Waals surface area contributed by atoms with E-state index in [0.717, 1.165) is 5.56 Å².